The number of para-hydroxylation sites is 1. The van der Waals surface area contributed by atoms with Crippen molar-refractivity contribution in [2.45, 2.75) is 36.5 Å². The lowest BCUT2D eigenvalue weighted by molar-refractivity contribution is -0.145. The van der Waals surface area contributed by atoms with E-state index in [0.29, 0.717) is 11.4 Å². The third kappa shape index (κ3) is 3.79. The van der Waals surface area contributed by atoms with Crippen LogP contribution < -0.4 is 14.5 Å². The largest absolute Gasteiger partial charge is 0.482 e. The minimum atomic E-state index is -0.449. The van der Waals surface area contributed by atoms with Crippen molar-refractivity contribution in [3.8, 4) is 5.75 Å². The molecule has 2 bridgehead atoms. The molecule has 3 aromatic rings. The van der Waals surface area contributed by atoms with Crippen LogP contribution in [0.5, 0.6) is 5.75 Å². The summed E-state index contributed by atoms with van der Waals surface area (Å²) < 4.78 is 11.0. The molecule has 206 valence electrons. The van der Waals surface area contributed by atoms with Crippen molar-refractivity contribution in [2.75, 3.05) is 18.1 Å². The Morgan fingerprint density at radius 3 is 2.50 bits per heavy atom. The lowest BCUT2D eigenvalue weighted by atomic mass is 9.68. The third-order valence-electron chi connectivity index (χ3n) is 8.92. The molecule has 1 aromatic heterocycles. The summed E-state index contributed by atoms with van der Waals surface area (Å²) in [6.45, 7) is 3.78. The third-order valence-corrected chi connectivity index (χ3v) is 11.5. The normalized spacial score (nSPS) is 29.8. The fourth-order valence-corrected chi connectivity index (χ4v) is 10.4. The van der Waals surface area contributed by atoms with E-state index in [9.17, 15) is 19.2 Å². The van der Waals surface area contributed by atoms with Gasteiger partial charge in [0.05, 0.1) is 29.2 Å². The van der Waals surface area contributed by atoms with Crippen LogP contribution in [0.2, 0.25) is 0 Å². The molecule has 1 saturated heterocycles. The maximum atomic E-state index is 13.9. The zero-order valence-corrected chi connectivity index (χ0v) is 23.6. The molecular weight excluding hydrogens is 548 g/mol. The molecule has 7 rings (SSSR count). The van der Waals surface area contributed by atoms with E-state index in [1.165, 1.54) is 16.2 Å². The van der Waals surface area contributed by atoms with Gasteiger partial charge in [0.15, 0.2) is 6.61 Å². The second-order valence-corrected chi connectivity index (χ2v) is 13.1. The van der Waals surface area contributed by atoms with Gasteiger partial charge in [-0.3, -0.25) is 19.3 Å². The minimum Gasteiger partial charge on any atom is -0.482 e. The Morgan fingerprint density at radius 2 is 1.75 bits per heavy atom. The van der Waals surface area contributed by atoms with Crippen LogP contribution in [0.25, 0.3) is 0 Å². The standard InChI is InChI=1S/C30H28N2O6S2/c1-3-37-20(33)13-38-19-7-5-4-6-16(19)21-22-17-12-18(25(22)39-27-26(21)40-30(36)31-27)24-23(17)28(34)32(29(24)35)15-10-8-14(2)9-11-15/h4-11,17-18,21-25H,3,12-13H2,1-2H3,(H,31,36)/t17?,18?,21-,22?,23?,24?,25?/m1/s1. The number of rotatable bonds is 6. The first kappa shape index (κ1) is 25.6. The number of hydrogen-bond acceptors (Lipinski definition) is 8. The molecule has 40 heavy (non-hydrogen) atoms. The zero-order chi connectivity index (χ0) is 27.7. The van der Waals surface area contributed by atoms with E-state index < -0.39 is 5.97 Å². The molecule has 7 atom stereocenters. The molecule has 2 saturated carbocycles. The maximum absolute atomic E-state index is 13.9. The van der Waals surface area contributed by atoms with Gasteiger partial charge in [-0.2, -0.15) is 0 Å². The molecule has 2 aromatic carbocycles. The average molecular weight is 577 g/mol. The lowest BCUT2D eigenvalue weighted by Crippen LogP contribution is -2.42. The highest BCUT2D eigenvalue weighted by Crippen LogP contribution is 2.69. The number of benzene rings is 2. The van der Waals surface area contributed by atoms with Gasteiger partial charge < -0.3 is 14.5 Å². The van der Waals surface area contributed by atoms with Crippen LogP contribution in [0.4, 0.5) is 5.69 Å². The van der Waals surface area contributed by atoms with Crippen molar-refractivity contribution in [1.82, 2.24) is 4.98 Å². The minimum absolute atomic E-state index is 0.00661. The van der Waals surface area contributed by atoms with Crippen LogP contribution >= 0.6 is 23.1 Å². The molecule has 2 aliphatic heterocycles. The van der Waals surface area contributed by atoms with Gasteiger partial charge in [0, 0.05) is 21.6 Å². The molecule has 3 heterocycles. The number of thiazole rings is 1. The molecule has 1 N–H and O–H groups in total. The summed E-state index contributed by atoms with van der Waals surface area (Å²) in [5, 5.41) is 0.902. The van der Waals surface area contributed by atoms with Crippen molar-refractivity contribution < 1.29 is 23.9 Å². The number of ether oxygens (including phenoxy) is 2. The quantitative estimate of drug-likeness (QED) is 0.343. The highest BCUT2D eigenvalue weighted by molar-refractivity contribution is 8.00. The van der Waals surface area contributed by atoms with E-state index in [1.54, 1.807) is 18.7 Å². The lowest BCUT2D eigenvalue weighted by Gasteiger charge is -2.43. The van der Waals surface area contributed by atoms with Crippen molar-refractivity contribution in [3.05, 3.63) is 74.2 Å². The Hall–Kier alpha value is -3.37. The number of esters is 1. The van der Waals surface area contributed by atoms with E-state index >= 15 is 0 Å². The van der Waals surface area contributed by atoms with Crippen molar-refractivity contribution in [1.29, 1.82) is 0 Å². The number of aromatic nitrogens is 1. The molecule has 10 heteroatoms. The predicted molar refractivity (Wildman–Crippen MR) is 151 cm³/mol. The number of aromatic amines is 1. The van der Waals surface area contributed by atoms with Gasteiger partial charge in [-0.05, 0) is 56.2 Å². The summed E-state index contributed by atoms with van der Waals surface area (Å²) in [6, 6.07) is 15.1. The van der Waals surface area contributed by atoms with Gasteiger partial charge >= 0.3 is 10.8 Å². The van der Waals surface area contributed by atoms with E-state index in [1.807, 2.05) is 55.5 Å². The number of H-pyrrole nitrogens is 1. The first-order valence-electron chi connectivity index (χ1n) is 13.6. The van der Waals surface area contributed by atoms with Crippen molar-refractivity contribution in [2.24, 2.45) is 29.6 Å². The first-order valence-corrected chi connectivity index (χ1v) is 15.3. The van der Waals surface area contributed by atoms with Crippen LogP contribution in [0.15, 0.2) is 58.4 Å². The van der Waals surface area contributed by atoms with Gasteiger partial charge in [-0.15, -0.1) is 11.8 Å². The number of thioether (sulfide) groups is 1. The fourth-order valence-electron chi connectivity index (χ4n) is 7.52. The summed E-state index contributed by atoms with van der Waals surface area (Å²) in [7, 11) is 0. The molecule has 2 amide bonds. The Kier molecular flexibility index (Phi) is 6.16. The van der Waals surface area contributed by atoms with Gasteiger partial charge in [-0.25, -0.2) is 4.79 Å². The second kappa shape index (κ2) is 9.62. The van der Waals surface area contributed by atoms with E-state index in [0.717, 1.165) is 27.5 Å². The zero-order valence-electron chi connectivity index (χ0n) is 22.0. The topological polar surface area (TPSA) is 106 Å². The van der Waals surface area contributed by atoms with Crippen molar-refractivity contribution >= 4 is 46.6 Å². The number of carbonyl (C=O) groups excluding carboxylic acids is 3. The molecule has 3 fully saturated rings. The molecular formula is C30H28N2O6S2. The highest BCUT2D eigenvalue weighted by Gasteiger charge is 2.69. The molecule has 2 aliphatic carbocycles. The van der Waals surface area contributed by atoms with Gasteiger partial charge in [-0.1, -0.05) is 47.2 Å². The Balaban J connectivity index is 1.28. The smallest absolute Gasteiger partial charge is 0.344 e. The molecule has 8 nitrogen and oxygen atoms in total. The SMILES string of the molecule is CCOC(=O)COc1ccccc1[C@H]1c2sc(=O)[nH]c2SC2C3CC(C4C(=O)N(c5ccc(C)cc5)C(=O)C34)C21. The number of nitrogens with zero attached hydrogens (tertiary/aromatic N) is 1. The van der Waals surface area contributed by atoms with Gasteiger partial charge in [0.2, 0.25) is 11.8 Å². The van der Waals surface area contributed by atoms with Gasteiger partial charge in [0.1, 0.15) is 5.75 Å². The molecule has 6 unspecified atom stereocenters. The summed E-state index contributed by atoms with van der Waals surface area (Å²) >= 11 is 2.84. The Labute approximate surface area is 239 Å². The number of nitrogens with one attached hydrogen (secondary N) is 1. The molecule has 0 radical (unpaired) electrons. The number of hydrogen-bond donors (Lipinski definition) is 1. The Morgan fingerprint density at radius 1 is 1.02 bits per heavy atom. The number of aryl methyl sites for hydroxylation is 1. The average Bonchev–Trinajstić information content (AvgIpc) is 3.67. The Bertz CT molecular complexity index is 1580. The van der Waals surface area contributed by atoms with Gasteiger partial charge in [0.25, 0.3) is 0 Å². The summed E-state index contributed by atoms with van der Waals surface area (Å²) in [5.41, 5.74) is 2.58. The van der Waals surface area contributed by atoms with E-state index in [2.05, 4.69) is 4.98 Å². The van der Waals surface area contributed by atoms with Crippen LogP contribution in [0.3, 0.4) is 0 Å². The summed E-state index contributed by atoms with van der Waals surface area (Å²) in [6.07, 6.45) is 0.804. The molecule has 0 spiro atoms. The maximum Gasteiger partial charge on any atom is 0.344 e. The monoisotopic (exact) mass is 576 g/mol. The molecule has 4 aliphatic rings. The van der Waals surface area contributed by atoms with E-state index in [-0.39, 0.29) is 70.7 Å². The first-order chi connectivity index (χ1) is 19.4. The van der Waals surface area contributed by atoms with Crippen LogP contribution in [-0.2, 0) is 19.1 Å². The predicted octanol–water partition coefficient (Wildman–Crippen LogP) is 4.36. The van der Waals surface area contributed by atoms with Crippen LogP contribution in [-0.4, -0.2) is 41.2 Å². The number of anilines is 1. The van der Waals surface area contributed by atoms with Crippen molar-refractivity contribution in [3.63, 3.8) is 0 Å². The number of amides is 2. The highest BCUT2D eigenvalue weighted by atomic mass is 32.2. The van der Waals surface area contributed by atoms with Crippen LogP contribution in [0, 0.1) is 36.5 Å². The number of fused-ring (bicyclic) bond motifs is 9. The number of carbonyl (C=O) groups is 3. The van der Waals surface area contributed by atoms with Crippen LogP contribution in [0.1, 0.15) is 35.3 Å². The fraction of sp³-hybridized carbons (Fsp3) is 0.400. The summed E-state index contributed by atoms with van der Waals surface area (Å²) in [5.74, 6) is -0.978. The summed E-state index contributed by atoms with van der Waals surface area (Å²) in [4.78, 5) is 57.6. The number of imide groups is 1. The van der Waals surface area contributed by atoms with E-state index in [4.69, 9.17) is 9.47 Å². The second-order valence-electron chi connectivity index (χ2n) is 10.9.